The molecule has 1 amide bonds. The zero-order chi connectivity index (χ0) is 14.8. The highest BCUT2D eigenvalue weighted by molar-refractivity contribution is 5.68. The highest BCUT2D eigenvalue weighted by Gasteiger charge is 2.34. The van der Waals surface area contributed by atoms with Crippen molar-refractivity contribution in [1.29, 1.82) is 0 Å². The Labute approximate surface area is 121 Å². The van der Waals surface area contributed by atoms with Crippen molar-refractivity contribution >= 4 is 6.09 Å². The summed E-state index contributed by atoms with van der Waals surface area (Å²) in [6.07, 6.45) is 5.49. The van der Waals surface area contributed by atoms with Gasteiger partial charge in [-0.3, -0.25) is 0 Å². The molecule has 0 aliphatic heterocycles. The highest BCUT2D eigenvalue weighted by atomic mass is 16.6. The average Bonchev–Trinajstić information content (AvgIpc) is 2.67. The number of alkyl carbamates (subject to hydrolysis) is 1. The highest BCUT2D eigenvalue weighted by Crippen LogP contribution is 2.27. The third kappa shape index (κ3) is 4.63. The van der Waals surface area contributed by atoms with Crippen LogP contribution < -0.4 is 10.6 Å². The number of carbonyl (C=O) groups is 1. The fraction of sp³-hybridized carbons (Fsp3) is 0.933. The van der Waals surface area contributed by atoms with Gasteiger partial charge in [0.05, 0.1) is 6.10 Å². The van der Waals surface area contributed by atoms with Gasteiger partial charge in [-0.05, 0) is 52.9 Å². The van der Waals surface area contributed by atoms with Crippen LogP contribution in [-0.4, -0.2) is 43.0 Å². The van der Waals surface area contributed by atoms with Crippen LogP contribution in [0, 0.1) is 0 Å². The first-order chi connectivity index (χ1) is 9.35. The largest absolute Gasteiger partial charge is 0.444 e. The predicted molar refractivity (Wildman–Crippen MR) is 77.8 cm³/mol. The molecule has 0 aromatic carbocycles. The van der Waals surface area contributed by atoms with Crippen molar-refractivity contribution in [3.05, 3.63) is 0 Å². The van der Waals surface area contributed by atoms with Gasteiger partial charge in [0.25, 0.3) is 0 Å². The van der Waals surface area contributed by atoms with Gasteiger partial charge in [-0.25, -0.2) is 4.79 Å². The normalized spacial score (nSPS) is 33.6. The summed E-state index contributed by atoms with van der Waals surface area (Å²) >= 11 is 0. The van der Waals surface area contributed by atoms with E-state index in [2.05, 4.69) is 10.6 Å². The summed E-state index contributed by atoms with van der Waals surface area (Å²) in [6.45, 7) is 5.65. The Morgan fingerprint density at radius 2 is 1.70 bits per heavy atom. The van der Waals surface area contributed by atoms with E-state index in [-0.39, 0.29) is 12.1 Å². The number of amides is 1. The molecule has 2 atom stereocenters. The average molecular weight is 284 g/mol. The lowest BCUT2D eigenvalue weighted by atomic mass is 9.88. The summed E-state index contributed by atoms with van der Waals surface area (Å²) in [5, 5.41) is 6.63. The van der Waals surface area contributed by atoms with Gasteiger partial charge in [0.1, 0.15) is 5.60 Å². The number of ether oxygens (including phenoxy) is 2. The van der Waals surface area contributed by atoms with Crippen molar-refractivity contribution in [3.8, 4) is 0 Å². The molecule has 116 valence electrons. The van der Waals surface area contributed by atoms with Gasteiger partial charge < -0.3 is 20.1 Å². The molecule has 2 fully saturated rings. The minimum atomic E-state index is -0.429. The first-order valence-corrected chi connectivity index (χ1v) is 7.64. The van der Waals surface area contributed by atoms with Crippen molar-refractivity contribution in [1.82, 2.24) is 10.6 Å². The molecule has 0 saturated heterocycles. The lowest BCUT2D eigenvalue weighted by molar-refractivity contribution is 0.0143. The molecular weight excluding hydrogens is 256 g/mol. The second kappa shape index (κ2) is 6.31. The minimum absolute atomic E-state index is 0.237. The Kier molecular flexibility index (Phi) is 4.91. The molecule has 2 aliphatic carbocycles. The van der Waals surface area contributed by atoms with E-state index in [4.69, 9.17) is 9.47 Å². The Balaban J connectivity index is 1.64. The standard InChI is InChI=1S/C15H28N2O3/c1-15(2,3)20-14(18)17-11-6-5-10(7-11)16-12-8-13(9-12)19-4/h10-13,16H,5-9H2,1-4H3,(H,17,18). The molecular formula is C15H28N2O3. The third-order valence-corrected chi connectivity index (χ3v) is 4.05. The van der Waals surface area contributed by atoms with Gasteiger partial charge in [0.2, 0.25) is 0 Å². The summed E-state index contributed by atoms with van der Waals surface area (Å²) in [4.78, 5) is 11.7. The van der Waals surface area contributed by atoms with Gasteiger partial charge in [-0.15, -0.1) is 0 Å². The first-order valence-electron chi connectivity index (χ1n) is 7.64. The van der Waals surface area contributed by atoms with Crippen LogP contribution in [-0.2, 0) is 9.47 Å². The van der Waals surface area contributed by atoms with E-state index in [1.54, 1.807) is 7.11 Å². The zero-order valence-corrected chi connectivity index (χ0v) is 13.1. The van der Waals surface area contributed by atoms with Crippen LogP contribution in [0.1, 0.15) is 52.9 Å². The van der Waals surface area contributed by atoms with Crippen molar-refractivity contribution in [2.24, 2.45) is 0 Å². The molecule has 0 heterocycles. The Bertz CT molecular complexity index is 335. The van der Waals surface area contributed by atoms with E-state index in [1.807, 2.05) is 20.8 Å². The molecule has 0 spiro atoms. The lowest BCUT2D eigenvalue weighted by Gasteiger charge is -2.36. The predicted octanol–water partition coefficient (Wildman–Crippen LogP) is 2.20. The van der Waals surface area contributed by atoms with Gasteiger partial charge in [-0.1, -0.05) is 0 Å². The topological polar surface area (TPSA) is 59.6 Å². The van der Waals surface area contributed by atoms with Gasteiger partial charge in [0, 0.05) is 25.2 Å². The zero-order valence-electron chi connectivity index (χ0n) is 13.1. The number of rotatable bonds is 4. The second-order valence-corrected chi connectivity index (χ2v) is 7.05. The van der Waals surface area contributed by atoms with Gasteiger partial charge in [0.15, 0.2) is 0 Å². The lowest BCUT2D eigenvalue weighted by Crippen LogP contribution is -2.49. The first kappa shape index (κ1) is 15.6. The van der Waals surface area contributed by atoms with Gasteiger partial charge in [-0.2, -0.15) is 0 Å². The Hall–Kier alpha value is -0.810. The maximum atomic E-state index is 11.7. The SMILES string of the molecule is COC1CC(NC2CCC(NC(=O)OC(C)(C)C)C2)C1. The number of hydrogen-bond acceptors (Lipinski definition) is 4. The third-order valence-electron chi connectivity index (χ3n) is 4.05. The maximum absolute atomic E-state index is 11.7. The second-order valence-electron chi connectivity index (χ2n) is 7.05. The molecule has 20 heavy (non-hydrogen) atoms. The number of nitrogens with one attached hydrogen (secondary N) is 2. The van der Waals surface area contributed by atoms with Crippen molar-refractivity contribution in [2.75, 3.05) is 7.11 Å². The van der Waals surface area contributed by atoms with E-state index in [0.717, 1.165) is 32.1 Å². The van der Waals surface area contributed by atoms with Crippen LogP contribution >= 0.6 is 0 Å². The summed E-state index contributed by atoms with van der Waals surface area (Å²) in [7, 11) is 1.78. The molecule has 2 N–H and O–H groups in total. The van der Waals surface area contributed by atoms with Crippen molar-refractivity contribution < 1.29 is 14.3 Å². The van der Waals surface area contributed by atoms with Crippen molar-refractivity contribution in [3.63, 3.8) is 0 Å². The van der Waals surface area contributed by atoms with E-state index in [1.165, 1.54) is 0 Å². The molecule has 0 aromatic heterocycles. The molecule has 0 aromatic rings. The summed E-state index contributed by atoms with van der Waals surface area (Å²) in [5.74, 6) is 0. The van der Waals surface area contributed by atoms with Crippen LogP contribution in [0.25, 0.3) is 0 Å². The quantitative estimate of drug-likeness (QED) is 0.831. The molecule has 2 unspecified atom stereocenters. The fourth-order valence-corrected chi connectivity index (χ4v) is 2.97. The van der Waals surface area contributed by atoms with Crippen LogP contribution in [0.5, 0.6) is 0 Å². The Morgan fingerprint density at radius 1 is 1.05 bits per heavy atom. The molecule has 0 radical (unpaired) electrons. The monoisotopic (exact) mass is 284 g/mol. The van der Waals surface area contributed by atoms with Crippen LogP contribution in [0.15, 0.2) is 0 Å². The molecule has 2 aliphatic rings. The number of hydrogen-bond donors (Lipinski definition) is 2. The van der Waals surface area contributed by atoms with E-state index in [9.17, 15) is 4.79 Å². The minimum Gasteiger partial charge on any atom is -0.444 e. The molecule has 2 rings (SSSR count). The molecule has 2 saturated carbocycles. The molecule has 5 nitrogen and oxygen atoms in total. The summed E-state index contributed by atoms with van der Waals surface area (Å²) < 4.78 is 10.6. The fourth-order valence-electron chi connectivity index (χ4n) is 2.97. The van der Waals surface area contributed by atoms with E-state index in [0.29, 0.717) is 18.2 Å². The molecule has 0 bridgehead atoms. The van der Waals surface area contributed by atoms with Crippen LogP contribution in [0.3, 0.4) is 0 Å². The van der Waals surface area contributed by atoms with E-state index >= 15 is 0 Å². The van der Waals surface area contributed by atoms with Crippen molar-refractivity contribution in [2.45, 2.75) is 82.7 Å². The Morgan fingerprint density at radius 3 is 2.30 bits per heavy atom. The number of methoxy groups -OCH3 is 1. The molecule has 5 heteroatoms. The summed E-state index contributed by atoms with van der Waals surface area (Å²) in [5.41, 5.74) is -0.429. The maximum Gasteiger partial charge on any atom is 0.407 e. The van der Waals surface area contributed by atoms with Gasteiger partial charge >= 0.3 is 6.09 Å². The summed E-state index contributed by atoms with van der Waals surface area (Å²) in [6, 6.07) is 1.34. The van der Waals surface area contributed by atoms with Crippen LogP contribution in [0.2, 0.25) is 0 Å². The van der Waals surface area contributed by atoms with Crippen LogP contribution in [0.4, 0.5) is 4.79 Å². The number of carbonyl (C=O) groups excluding carboxylic acids is 1. The van der Waals surface area contributed by atoms with E-state index < -0.39 is 5.60 Å². The smallest absolute Gasteiger partial charge is 0.407 e.